The first-order chi connectivity index (χ1) is 17.3. The predicted octanol–water partition coefficient (Wildman–Crippen LogP) is 8.55. The number of hydrogen-bond acceptors (Lipinski definition) is 3. The van der Waals surface area contributed by atoms with Crippen molar-refractivity contribution < 1.29 is 22.7 Å². The standard InChI is InChI=1S/C29H35F3N2O2/c1-2-3-4-5-6-7-8-9-10-11-19-36-27-17-15-23(16-18-27)20-24(22-33)28(35)34-26-14-12-13-25(21-26)29(30,31)32/h12-18,20-21H,2-11,19H2,1H3,(H,34,35)/b24-20+. The highest BCUT2D eigenvalue weighted by Crippen LogP contribution is 2.30. The highest BCUT2D eigenvalue weighted by Gasteiger charge is 2.30. The van der Waals surface area contributed by atoms with Gasteiger partial charge in [0.05, 0.1) is 12.2 Å². The zero-order valence-corrected chi connectivity index (χ0v) is 20.9. The van der Waals surface area contributed by atoms with Crippen LogP contribution in [0.15, 0.2) is 54.1 Å². The van der Waals surface area contributed by atoms with Gasteiger partial charge in [-0.3, -0.25) is 4.79 Å². The summed E-state index contributed by atoms with van der Waals surface area (Å²) >= 11 is 0. The molecule has 0 aliphatic heterocycles. The van der Waals surface area contributed by atoms with E-state index in [1.54, 1.807) is 30.3 Å². The predicted molar refractivity (Wildman–Crippen MR) is 137 cm³/mol. The van der Waals surface area contributed by atoms with Gasteiger partial charge in [-0.15, -0.1) is 0 Å². The SMILES string of the molecule is CCCCCCCCCCCCOc1ccc(/C=C(\C#N)C(=O)Nc2cccc(C(F)(F)F)c2)cc1. The van der Waals surface area contributed by atoms with Gasteiger partial charge in [0, 0.05) is 5.69 Å². The van der Waals surface area contributed by atoms with Crippen LogP contribution in [0.3, 0.4) is 0 Å². The summed E-state index contributed by atoms with van der Waals surface area (Å²) in [5.74, 6) is -0.0758. The minimum absolute atomic E-state index is 0.0355. The zero-order valence-electron chi connectivity index (χ0n) is 20.9. The number of ether oxygens (including phenoxy) is 1. The Morgan fingerprint density at radius 3 is 2.14 bits per heavy atom. The molecule has 0 unspecified atom stereocenters. The van der Waals surface area contributed by atoms with E-state index < -0.39 is 17.6 Å². The maximum absolute atomic E-state index is 12.9. The number of halogens is 3. The molecule has 0 fully saturated rings. The summed E-state index contributed by atoms with van der Waals surface area (Å²) in [5, 5.41) is 11.7. The molecule has 1 amide bonds. The number of anilines is 1. The highest BCUT2D eigenvalue weighted by molar-refractivity contribution is 6.09. The van der Waals surface area contributed by atoms with Gasteiger partial charge in [0.15, 0.2) is 0 Å². The Balaban J connectivity index is 1.76. The fourth-order valence-electron chi connectivity index (χ4n) is 3.73. The van der Waals surface area contributed by atoms with Gasteiger partial charge in [-0.05, 0) is 48.4 Å². The lowest BCUT2D eigenvalue weighted by atomic mass is 10.1. The number of alkyl halides is 3. The normalized spacial score (nSPS) is 11.7. The number of benzene rings is 2. The van der Waals surface area contributed by atoms with Crippen molar-refractivity contribution in [3.05, 3.63) is 65.2 Å². The number of nitriles is 1. The Morgan fingerprint density at radius 2 is 1.56 bits per heavy atom. The average Bonchev–Trinajstić information content (AvgIpc) is 2.86. The number of carbonyl (C=O) groups is 1. The van der Waals surface area contributed by atoms with Gasteiger partial charge in [0.2, 0.25) is 0 Å². The summed E-state index contributed by atoms with van der Waals surface area (Å²) in [6.07, 6.45) is 9.45. The number of hydrogen-bond donors (Lipinski definition) is 1. The van der Waals surface area contributed by atoms with Gasteiger partial charge < -0.3 is 10.1 Å². The molecular formula is C29H35F3N2O2. The average molecular weight is 501 g/mol. The van der Waals surface area contributed by atoms with Crippen molar-refractivity contribution in [1.82, 2.24) is 0 Å². The Hall–Kier alpha value is -3.27. The van der Waals surface area contributed by atoms with Crippen LogP contribution in [0.25, 0.3) is 6.08 Å². The van der Waals surface area contributed by atoms with E-state index in [9.17, 15) is 23.2 Å². The first-order valence-corrected chi connectivity index (χ1v) is 12.7. The number of carbonyl (C=O) groups excluding carboxylic acids is 1. The van der Waals surface area contributed by atoms with Crippen LogP contribution in [-0.2, 0) is 11.0 Å². The van der Waals surface area contributed by atoms with E-state index in [0.717, 1.165) is 25.0 Å². The van der Waals surface area contributed by atoms with Gasteiger partial charge in [0.25, 0.3) is 5.91 Å². The molecule has 2 rings (SSSR count). The van der Waals surface area contributed by atoms with Crippen molar-refractivity contribution in [1.29, 1.82) is 5.26 Å². The lowest BCUT2D eigenvalue weighted by Crippen LogP contribution is -2.14. The summed E-state index contributed by atoms with van der Waals surface area (Å²) in [5.41, 5.74) is -0.522. The smallest absolute Gasteiger partial charge is 0.416 e. The second-order valence-corrected chi connectivity index (χ2v) is 8.80. The lowest BCUT2D eigenvalue weighted by Gasteiger charge is -2.09. The Labute approximate surface area is 212 Å². The first kappa shape index (κ1) is 29.0. The molecule has 0 saturated heterocycles. The summed E-state index contributed by atoms with van der Waals surface area (Å²) in [7, 11) is 0. The van der Waals surface area contributed by atoms with Crippen LogP contribution in [0.1, 0.15) is 82.3 Å². The highest BCUT2D eigenvalue weighted by atomic mass is 19.4. The Kier molecular flexibility index (Phi) is 12.6. The van der Waals surface area contributed by atoms with Gasteiger partial charge in [0.1, 0.15) is 17.4 Å². The molecule has 0 heterocycles. The van der Waals surface area contributed by atoms with Crippen LogP contribution >= 0.6 is 0 Å². The van der Waals surface area contributed by atoms with Crippen LogP contribution < -0.4 is 10.1 Å². The molecule has 2 aromatic rings. The zero-order chi connectivity index (χ0) is 26.2. The number of unbranched alkanes of at least 4 members (excludes halogenated alkanes) is 9. The van der Waals surface area contributed by atoms with Crippen LogP contribution in [-0.4, -0.2) is 12.5 Å². The van der Waals surface area contributed by atoms with Crippen LogP contribution in [0, 0.1) is 11.3 Å². The molecule has 0 bridgehead atoms. The van der Waals surface area contributed by atoms with E-state index in [4.69, 9.17) is 4.74 Å². The first-order valence-electron chi connectivity index (χ1n) is 12.7. The molecule has 7 heteroatoms. The molecular weight excluding hydrogens is 465 g/mol. The van der Waals surface area contributed by atoms with Crippen molar-refractivity contribution in [2.75, 3.05) is 11.9 Å². The minimum Gasteiger partial charge on any atom is -0.494 e. The molecule has 0 saturated carbocycles. The van der Waals surface area contributed by atoms with E-state index in [1.807, 2.05) is 0 Å². The van der Waals surface area contributed by atoms with Gasteiger partial charge in [-0.25, -0.2) is 0 Å². The fraction of sp³-hybridized carbons (Fsp3) is 0.448. The van der Waals surface area contributed by atoms with Gasteiger partial charge in [-0.2, -0.15) is 18.4 Å². The molecule has 0 radical (unpaired) electrons. The van der Waals surface area contributed by atoms with Crippen LogP contribution in [0.4, 0.5) is 18.9 Å². The molecule has 0 spiro atoms. The number of rotatable bonds is 15. The molecule has 36 heavy (non-hydrogen) atoms. The molecule has 2 aromatic carbocycles. The number of nitrogens with one attached hydrogen (secondary N) is 1. The third-order valence-electron chi connectivity index (χ3n) is 5.77. The van der Waals surface area contributed by atoms with Crippen molar-refractivity contribution in [3.8, 4) is 11.8 Å². The Morgan fingerprint density at radius 1 is 0.944 bits per heavy atom. The van der Waals surface area contributed by atoms with Crippen LogP contribution in [0.5, 0.6) is 5.75 Å². The summed E-state index contributed by atoms with van der Waals surface area (Å²) in [6.45, 7) is 2.86. The van der Waals surface area contributed by atoms with E-state index in [-0.39, 0.29) is 11.3 Å². The largest absolute Gasteiger partial charge is 0.494 e. The summed E-state index contributed by atoms with van der Waals surface area (Å²) < 4.78 is 44.4. The fourth-order valence-corrected chi connectivity index (χ4v) is 3.73. The van der Waals surface area contributed by atoms with Crippen molar-refractivity contribution >= 4 is 17.7 Å². The second kappa shape index (κ2) is 15.7. The molecule has 0 aromatic heterocycles. The van der Waals surface area contributed by atoms with E-state index in [2.05, 4.69) is 12.2 Å². The molecule has 0 aliphatic carbocycles. The molecule has 194 valence electrons. The summed E-state index contributed by atoms with van der Waals surface area (Å²) in [4.78, 5) is 12.4. The van der Waals surface area contributed by atoms with Crippen molar-refractivity contribution in [3.63, 3.8) is 0 Å². The monoisotopic (exact) mass is 500 g/mol. The Bertz CT molecular complexity index is 1010. The quantitative estimate of drug-likeness (QED) is 0.151. The topological polar surface area (TPSA) is 62.1 Å². The number of amides is 1. The maximum atomic E-state index is 12.9. The van der Waals surface area contributed by atoms with Crippen LogP contribution in [0.2, 0.25) is 0 Å². The third-order valence-corrected chi connectivity index (χ3v) is 5.77. The minimum atomic E-state index is -4.52. The second-order valence-electron chi connectivity index (χ2n) is 8.80. The van der Waals surface area contributed by atoms with E-state index in [0.29, 0.717) is 17.9 Å². The van der Waals surface area contributed by atoms with Crippen molar-refractivity contribution in [2.24, 2.45) is 0 Å². The van der Waals surface area contributed by atoms with E-state index in [1.165, 1.54) is 69.6 Å². The molecule has 1 N–H and O–H groups in total. The third kappa shape index (κ3) is 11.0. The molecule has 4 nitrogen and oxygen atoms in total. The molecule has 0 aliphatic rings. The van der Waals surface area contributed by atoms with Gasteiger partial charge >= 0.3 is 6.18 Å². The lowest BCUT2D eigenvalue weighted by molar-refractivity contribution is -0.137. The van der Waals surface area contributed by atoms with Gasteiger partial charge in [-0.1, -0.05) is 82.9 Å². The summed E-state index contributed by atoms with van der Waals surface area (Å²) in [6, 6.07) is 13.1. The molecule has 0 atom stereocenters. The maximum Gasteiger partial charge on any atom is 0.416 e. The number of nitrogens with zero attached hydrogens (tertiary/aromatic N) is 1. The van der Waals surface area contributed by atoms with Crippen molar-refractivity contribution in [2.45, 2.75) is 77.3 Å². The van der Waals surface area contributed by atoms with E-state index >= 15 is 0 Å².